The summed E-state index contributed by atoms with van der Waals surface area (Å²) in [7, 11) is 1.58. The fraction of sp³-hybridized carbons (Fsp3) is 0.417. The van der Waals surface area contributed by atoms with Gasteiger partial charge in [-0.3, -0.25) is 4.79 Å². The second kappa shape index (κ2) is 5.54. The number of aliphatic carboxylic acids is 1. The lowest BCUT2D eigenvalue weighted by atomic mass is 10.1. The van der Waals surface area contributed by atoms with E-state index in [0.29, 0.717) is 5.75 Å². The van der Waals surface area contributed by atoms with Crippen LogP contribution in [0.25, 0.3) is 0 Å². The van der Waals surface area contributed by atoms with Crippen molar-refractivity contribution in [1.82, 2.24) is 0 Å². The van der Waals surface area contributed by atoms with Crippen molar-refractivity contribution in [3.8, 4) is 5.75 Å². The van der Waals surface area contributed by atoms with Gasteiger partial charge in [0.05, 0.1) is 12.8 Å². The highest BCUT2D eigenvalue weighted by atomic mass is 16.5. The van der Waals surface area contributed by atoms with Crippen LogP contribution in [0.2, 0.25) is 0 Å². The summed E-state index contributed by atoms with van der Waals surface area (Å²) in [6, 6.07) is 2.97. The zero-order chi connectivity index (χ0) is 13.0. The second-order valence-electron chi connectivity index (χ2n) is 3.99. The summed E-state index contributed by atoms with van der Waals surface area (Å²) in [5, 5.41) is 11.7. The molecule has 1 atom stereocenters. The lowest BCUT2D eigenvalue weighted by molar-refractivity contribution is -0.138. The van der Waals surface area contributed by atoms with Gasteiger partial charge in [0.25, 0.3) is 0 Å². The first-order valence-corrected chi connectivity index (χ1v) is 5.33. The van der Waals surface area contributed by atoms with E-state index in [1.165, 1.54) is 0 Å². The van der Waals surface area contributed by atoms with Crippen molar-refractivity contribution < 1.29 is 14.6 Å². The van der Waals surface area contributed by atoms with Gasteiger partial charge in [-0.1, -0.05) is 6.07 Å². The number of carbonyl (C=O) groups is 1. The Morgan fingerprint density at radius 3 is 2.71 bits per heavy atom. The molecule has 0 aliphatic carbocycles. The minimum Gasteiger partial charge on any atom is -0.494 e. The quantitative estimate of drug-likeness (QED) is 0.716. The minimum atomic E-state index is -1.03. The topological polar surface area (TPSA) is 84.6 Å². The van der Waals surface area contributed by atoms with Gasteiger partial charge in [-0.05, 0) is 31.0 Å². The molecule has 0 bridgehead atoms. The molecule has 0 aliphatic heterocycles. The summed E-state index contributed by atoms with van der Waals surface area (Å²) >= 11 is 0. The number of hydrogen-bond acceptors (Lipinski definition) is 4. The van der Waals surface area contributed by atoms with E-state index in [-0.39, 0.29) is 6.54 Å². The summed E-state index contributed by atoms with van der Waals surface area (Å²) < 4.78 is 5.27. The molecule has 1 unspecified atom stereocenters. The van der Waals surface area contributed by atoms with Crippen molar-refractivity contribution in [3.63, 3.8) is 0 Å². The molecule has 0 spiro atoms. The molecule has 5 heteroatoms. The van der Waals surface area contributed by atoms with Crippen molar-refractivity contribution in [2.24, 2.45) is 5.73 Å². The zero-order valence-corrected chi connectivity index (χ0v) is 10.3. The van der Waals surface area contributed by atoms with Crippen LogP contribution in [0.3, 0.4) is 0 Å². The predicted octanol–water partition coefficient (Wildman–Crippen LogP) is 1.14. The van der Waals surface area contributed by atoms with Gasteiger partial charge in [0.15, 0.2) is 0 Å². The predicted molar refractivity (Wildman–Crippen MR) is 66.6 cm³/mol. The third kappa shape index (κ3) is 3.35. The molecule has 0 aliphatic rings. The third-order valence-electron chi connectivity index (χ3n) is 2.45. The van der Waals surface area contributed by atoms with Crippen LogP contribution >= 0.6 is 0 Å². The van der Waals surface area contributed by atoms with Crippen LogP contribution in [-0.2, 0) is 4.79 Å². The molecular formula is C12H18N2O3. The summed E-state index contributed by atoms with van der Waals surface area (Å²) in [5.41, 5.74) is 8.27. The highest BCUT2D eigenvalue weighted by Crippen LogP contribution is 2.29. The average Bonchev–Trinajstić information content (AvgIpc) is 2.24. The number of hydrogen-bond donors (Lipinski definition) is 3. The third-order valence-corrected chi connectivity index (χ3v) is 2.45. The van der Waals surface area contributed by atoms with E-state index < -0.39 is 12.0 Å². The van der Waals surface area contributed by atoms with E-state index in [2.05, 4.69) is 5.32 Å². The Morgan fingerprint density at radius 2 is 2.18 bits per heavy atom. The lowest BCUT2D eigenvalue weighted by Crippen LogP contribution is -2.37. The summed E-state index contributed by atoms with van der Waals surface area (Å²) in [6.07, 6.45) is 0. The molecule has 1 aromatic rings. The van der Waals surface area contributed by atoms with Gasteiger partial charge < -0.3 is 20.9 Å². The molecule has 1 rings (SSSR count). The Morgan fingerprint density at radius 1 is 1.53 bits per heavy atom. The van der Waals surface area contributed by atoms with Crippen LogP contribution in [0.4, 0.5) is 5.69 Å². The van der Waals surface area contributed by atoms with Gasteiger partial charge in [-0.25, -0.2) is 0 Å². The molecular weight excluding hydrogens is 220 g/mol. The maximum atomic E-state index is 10.6. The van der Waals surface area contributed by atoms with Crippen LogP contribution in [0.15, 0.2) is 12.1 Å². The van der Waals surface area contributed by atoms with Gasteiger partial charge in [-0.15, -0.1) is 0 Å². The van der Waals surface area contributed by atoms with Crippen molar-refractivity contribution in [1.29, 1.82) is 0 Å². The van der Waals surface area contributed by atoms with Gasteiger partial charge in [-0.2, -0.15) is 0 Å². The van der Waals surface area contributed by atoms with E-state index in [1.807, 2.05) is 26.0 Å². The van der Waals surface area contributed by atoms with Crippen molar-refractivity contribution >= 4 is 11.7 Å². The minimum absolute atomic E-state index is 0.161. The summed E-state index contributed by atoms with van der Waals surface area (Å²) in [6.45, 7) is 4.07. The molecule has 0 aromatic heterocycles. The van der Waals surface area contributed by atoms with Crippen molar-refractivity contribution in [3.05, 3.63) is 23.3 Å². The van der Waals surface area contributed by atoms with Gasteiger partial charge >= 0.3 is 5.97 Å². The first kappa shape index (κ1) is 13.3. The maximum absolute atomic E-state index is 10.6. The molecule has 0 amide bonds. The molecule has 5 nitrogen and oxygen atoms in total. The molecule has 1 aromatic carbocycles. The monoisotopic (exact) mass is 238 g/mol. The van der Waals surface area contributed by atoms with Crippen molar-refractivity contribution in [2.75, 3.05) is 19.0 Å². The van der Waals surface area contributed by atoms with E-state index in [9.17, 15) is 4.79 Å². The van der Waals surface area contributed by atoms with Crippen LogP contribution in [-0.4, -0.2) is 30.8 Å². The SMILES string of the molecule is COc1c(C)cc(C)cc1NCC(N)C(=O)O. The Kier molecular flexibility index (Phi) is 4.34. The standard InChI is InChI=1S/C12H18N2O3/c1-7-4-8(2)11(17-3)10(5-7)14-6-9(13)12(15)16/h4-5,9,14H,6,13H2,1-3H3,(H,15,16). The Bertz CT molecular complexity index is 418. The zero-order valence-electron chi connectivity index (χ0n) is 10.3. The first-order chi connectivity index (χ1) is 7.95. The number of anilines is 1. The Labute approximate surface area is 101 Å². The number of benzene rings is 1. The number of carboxylic acids is 1. The number of ether oxygens (including phenoxy) is 1. The Hall–Kier alpha value is -1.75. The number of rotatable bonds is 5. The van der Waals surface area contributed by atoms with Crippen LogP contribution in [0, 0.1) is 13.8 Å². The maximum Gasteiger partial charge on any atom is 0.322 e. The number of aryl methyl sites for hydroxylation is 2. The summed E-state index contributed by atoms with van der Waals surface area (Å²) in [4.78, 5) is 10.6. The molecule has 4 N–H and O–H groups in total. The molecule has 94 valence electrons. The first-order valence-electron chi connectivity index (χ1n) is 5.33. The number of nitrogens with two attached hydrogens (primary N) is 1. The number of methoxy groups -OCH3 is 1. The molecule has 0 fully saturated rings. The highest BCUT2D eigenvalue weighted by molar-refractivity contribution is 5.74. The lowest BCUT2D eigenvalue weighted by Gasteiger charge is -2.15. The molecule has 0 heterocycles. The Balaban J connectivity index is 2.86. The normalized spacial score (nSPS) is 12.0. The van der Waals surface area contributed by atoms with Crippen molar-refractivity contribution in [2.45, 2.75) is 19.9 Å². The number of carboxylic acid groups (broad SMARTS) is 1. The second-order valence-corrected chi connectivity index (χ2v) is 3.99. The fourth-order valence-electron chi connectivity index (χ4n) is 1.66. The molecule has 17 heavy (non-hydrogen) atoms. The highest BCUT2D eigenvalue weighted by Gasteiger charge is 2.13. The van der Waals surface area contributed by atoms with Crippen LogP contribution in [0.5, 0.6) is 5.75 Å². The fourth-order valence-corrected chi connectivity index (χ4v) is 1.66. The van der Waals surface area contributed by atoms with Crippen LogP contribution < -0.4 is 15.8 Å². The molecule has 0 radical (unpaired) electrons. The average molecular weight is 238 g/mol. The van der Waals surface area contributed by atoms with E-state index in [4.69, 9.17) is 15.6 Å². The van der Waals surface area contributed by atoms with Crippen LogP contribution in [0.1, 0.15) is 11.1 Å². The van der Waals surface area contributed by atoms with Gasteiger partial charge in [0, 0.05) is 6.54 Å². The smallest absolute Gasteiger partial charge is 0.322 e. The summed E-state index contributed by atoms with van der Waals surface area (Å²) in [5.74, 6) is -0.311. The van der Waals surface area contributed by atoms with Gasteiger partial charge in [0.1, 0.15) is 11.8 Å². The van der Waals surface area contributed by atoms with E-state index in [0.717, 1.165) is 16.8 Å². The molecule has 0 saturated heterocycles. The largest absolute Gasteiger partial charge is 0.494 e. The van der Waals surface area contributed by atoms with E-state index in [1.54, 1.807) is 7.11 Å². The number of nitrogens with one attached hydrogen (secondary N) is 1. The molecule has 0 saturated carbocycles. The van der Waals surface area contributed by atoms with E-state index >= 15 is 0 Å². The van der Waals surface area contributed by atoms with Gasteiger partial charge in [0.2, 0.25) is 0 Å².